The van der Waals surface area contributed by atoms with Crippen LogP contribution in [0.25, 0.3) is 0 Å². The molecule has 1 aliphatic rings. The maximum absolute atomic E-state index is 12.5. The molecule has 0 spiro atoms. The molecule has 0 aliphatic carbocycles. The number of benzene rings is 1. The lowest BCUT2D eigenvalue weighted by atomic mass is 10.0. The van der Waals surface area contributed by atoms with Crippen LogP contribution in [0.15, 0.2) is 40.9 Å². The summed E-state index contributed by atoms with van der Waals surface area (Å²) in [5.41, 5.74) is 1.62. The van der Waals surface area contributed by atoms with Gasteiger partial charge in [0.25, 0.3) is 5.91 Å². The molecule has 0 radical (unpaired) electrons. The first kappa shape index (κ1) is 18.6. The van der Waals surface area contributed by atoms with E-state index in [2.05, 4.69) is 46.6 Å². The van der Waals surface area contributed by atoms with Crippen molar-refractivity contribution in [2.75, 3.05) is 19.6 Å². The van der Waals surface area contributed by atoms with Gasteiger partial charge < -0.3 is 9.84 Å². The van der Waals surface area contributed by atoms with Crippen molar-refractivity contribution >= 4 is 5.91 Å². The molecule has 140 valence electrons. The monoisotopic (exact) mass is 355 g/mol. The van der Waals surface area contributed by atoms with Gasteiger partial charge in [-0.2, -0.15) is 0 Å². The van der Waals surface area contributed by atoms with Crippen LogP contribution in [0.1, 0.15) is 66.9 Å². The SMILES string of the molecule is CCCc1cc(C(=O)NC[C@H](c2ccccc2)N2CCCCCC2)no1. The molecule has 0 bridgehead atoms. The summed E-state index contributed by atoms with van der Waals surface area (Å²) in [4.78, 5) is 15.0. The Hall–Kier alpha value is -2.14. The lowest BCUT2D eigenvalue weighted by Crippen LogP contribution is -2.38. The number of aryl methyl sites for hydroxylation is 1. The lowest BCUT2D eigenvalue weighted by molar-refractivity contribution is 0.0924. The van der Waals surface area contributed by atoms with Crippen LogP contribution < -0.4 is 5.32 Å². The molecule has 5 nitrogen and oxygen atoms in total. The predicted molar refractivity (Wildman–Crippen MR) is 102 cm³/mol. The first-order valence-corrected chi connectivity index (χ1v) is 9.80. The van der Waals surface area contributed by atoms with Gasteiger partial charge in [-0.1, -0.05) is 55.3 Å². The Morgan fingerprint density at radius 1 is 1.19 bits per heavy atom. The fourth-order valence-corrected chi connectivity index (χ4v) is 3.60. The Morgan fingerprint density at radius 3 is 2.62 bits per heavy atom. The van der Waals surface area contributed by atoms with Gasteiger partial charge in [-0.05, 0) is 37.9 Å². The lowest BCUT2D eigenvalue weighted by Gasteiger charge is -2.31. The number of carbonyl (C=O) groups excluding carboxylic acids is 1. The number of carbonyl (C=O) groups is 1. The van der Waals surface area contributed by atoms with Crippen LogP contribution in [0.2, 0.25) is 0 Å². The highest BCUT2D eigenvalue weighted by atomic mass is 16.5. The largest absolute Gasteiger partial charge is 0.361 e. The van der Waals surface area contributed by atoms with Crippen molar-refractivity contribution in [3.63, 3.8) is 0 Å². The predicted octanol–water partition coefficient (Wildman–Crippen LogP) is 3.97. The summed E-state index contributed by atoms with van der Waals surface area (Å²) in [6.45, 7) is 4.83. The van der Waals surface area contributed by atoms with E-state index in [1.54, 1.807) is 6.07 Å². The molecule has 1 amide bonds. The third-order valence-corrected chi connectivity index (χ3v) is 5.01. The fourth-order valence-electron chi connectivity index (χ4n) is 3.60. The minimum absolute atomic E-state index is 0.160. The molecule has 1 fully saturated rings. The highest BCUT2D eigenvalue weighted by molar-refractivity contribution is 5.92. The molecule has 1 atom stereocenters. The molecule has 1 saturated heterocycles. The topological polar surface area (TPSA) is 58.4 Å². The Kier molecular flexibility index (Phi) is 6.83. The average Bonchev–Trinajstić information content (AvgIpc) is 2.97. The number of nitrogens with one attached hydrogen (secondary N) is 1. The van der Waals surface area contributed by atoms with Gasteiger partial charge in [0.2, 0.25) is 0 Å². The smallest absolute Gasteiger partial charge is 0.273 e. The number of hydrogen-bond donors (Lipinski definition) is 1. The number of likely N-dealkylation sites (tertiary alicyclic amines) is 1. The molecule has 1 N–H and O–H groups in total. The second kappa shape index (κ2) is 9.53. The zero-order valence-corrected chi connectivity index (χ0v) is 15.6. The summed E-state index contributed by atoms with van der Waals surface area (Å²) >= 11 is 0. The molecule has 2 aromatic rings. The highest BCUT2D eigenvalue weighted by Crippen LogP contribution is 2.23. The Bertz CT molecular complexity index is 676. The molecule has 0 saturated carbocycles. The summed E-state index contributed by atoms with van der Waals surface area (Å²) < 4.78 is 5.23. The van der Waals surface area contributed by atoms with E-state index in [-0.39, 0.29) is 11.9 Å². The number of hydrogen-bond acceptors (Lipinski definition) is 4. The molecule has 5 heteroatoms. The third kappa shape index (κ3) is 4.94. The number of amides is 1. The van der Waals surface area contributed by atoms with Crippen LogP contribution in [0.4, 0.5) is 0 Å². The number of rotatable bonds is 7. The fraction of sp³-hybridized carbons (Fsp3) is 0.524. The van der Waals surface area contributed by atoms with Gasteiger partial charge >= 0.3 is 0 Å². The Morgan fingerprint density at radius 2 is 1.92 bits per heavy atom. The third-order valence-electron chi connectivity index (χ3n) is 5.01. The van der Waals surface area contributed by atoms with E-state index in [0.717, 1.165) is 31.7 Å². The maximum atomic E-state index is 12.5. The van der Waals surface area contributed by atoms with Crippen LogP contribution >= 0.6 is 0 Å². The summed E-state index contributed by atoms with van der Waals surface area (Å²) in [5, 5.41) is 6.98. The van der Waals surface area contributed by atoms with E-state index in [1.807, 2.05) is 6.07 Å². The number of nitrogens with zero attached hydrogens (tertiary/aromatic N) is 2. The van der Waals surface area contributed by atoms with Crippen molar-refractivity contribution in [2.45, 2.75) is 51.5 Å². The van der Waals surface area contributed by atoms with Gasteiger partial charge in [0.15, 0.2) is 5.69 Å². The van der Waals surface area contributed by atoms with E-state index in [4.69, 9.17) is 4.52 Å². The minimum Gasteiger partial charge on any atom is -0.361 e. The van der Waals surface area contributed by atoms with Gasteiger partial charge in [0, 0.05) is 19.0 Å². The molecular weight excluding hydrogens is 326 g/mol. The van der Waals surface area contributed by atoms with E-state index in [1.165, 1.54) is 31.2 Å². The van der Waals surface area contributed by atoms with Crippen molar-refractivity contribution in [1.29, 1.82) is 0 Å². The molecule has 2 heterocycles. The van der Waals surface area contributed by atoms with Gasteiger partial charge in [-0.25, -0.2) is 0 Å². The van der Waals surface area contributed by atoms with Crippen molar-refractivity contribution in [1.82, 2.24) is 15.4 Å². The van der Waals surface area contributed by atoms with E-state index < -0.39 is 0 Å². The maximum Gasteiger partial charge on any atom is 0.273 e. The summed E-state index contributed by atoms with van der Waals surface area (Å²) in [7, 11) is 0. The van der Waals surface area contributed by atoms with Crippen molar-refractivity contribution < 1.29 is 9.32 Å². The van der Waals surface area contributed by atoms with E-state index in [0.29, 0.717) is 12.2 Å². The van der Waals surface area contributed by atoms with Crippen LogP contribution in [-0.2, 0) is 6.42 Å². The molecule has 3 rings (SSSR count). The van der Waals surface area contributed by atoms with E-state index in [9.17, 15) is 4.79 Å². The van der Waals surface area contributed by atoms with Crippen molar-refractivity contribution in [3.8, 4) is 0 Å². The zero-order chi connectivity index (χ0) is 18.2. The standard InChI is InChI=1S/C21H29N3O2/c1-2-10-18-15-19(23-26-18)21(25)22-16-20(17-11-6-5-7-12-17)24-13-8-3-4-9-14-24/h5-7,11-12,15,20H,2-4,8-10,13-14,16H2,1H3,(H,22,25)/t20-/m1/s1. The highest BCUT2D eigenvalue weighted by Gasteiger charge is 2.23. The van der Waals surface area contributed by atoms with Gasteiger partial charge in [-0.15, -0.1) is 0 Å². The second-order valence-electron chi connectivity index (χ2n) is 7.02. The molecule has 1 aromatic carbocycles. The second-order valence-corrected chi connectivity index (χ2v) is 7.02. The summed E-state index contributed by atoms with van der Waals surface area (Å²) in [5.74, 6) is 0.608. The zero-order valence-electron chi connectivity index (χ0n) is 15.6. The summed E-state index contributed by atoms with van der Waals surface area (Å²) in [6, 6.07) is 12.4. The van der Waals surface area contributed by atoms with Crippen molar-refractivity contribution in [2.24, 2.45) is 0 Å². The number of aromatic nitrogens is 1. The first-order chi connectivity index (χ1) is 12.8. The molecule has 0 unspecified atom stereocenters. The quantitative estimate of drug-likeness (QED) is 0.816. The molecular formula is C21H29N3O2. The summed E-state index contributed by atoms with van der Waals surface area (Å²) in [6.07, 6.45) is 6.82. The minimum atomic E-state index is -0.160. The van der Waals surface area contributed by atoms with Crippen LogP contribution in [0, 0.1) is 0 Å². The van der Waals surface area contributed by atoms with Gasteiger partial charge in [0.1, 0.15) is 5.76 Å². The van der Waals surface area contributed by atoms with Crippen LogP contribution in [0.3, 0.4) is 0 Å². The van der Waals surface area contributed by atoms with Gasteiger partial charge in [-0.3, -0.25) is 9.69 Å². The van der Waals surface area contributed by atoms with Crippen LogP contribution in [-0.4, -0.2) is 35.6 Å². The Balaban J connectivity index is 1.67. The van der Waals surface area contributed by atoms with Crippen LogP contribution in [0.5, 0.6) is 0 Å². The Labute approximate surface area is 155 Å². The molecule has 26 heavy (non-hydrogen) atoms. The van der Waals surface area contributed by atoms with E-state index >= 15 is 0 Å². The normalized spacial score (nSPS) is 16.8. The van der Waals surface area contributed by atoms with Gasteiger partial charge in [0.05, 0.1) is 6.04 Å². The van der Waals surface area contributed by atoms with Crippen molar-refractivity contribution in [3.05, 3.63) is 53.4 Å². The average molecular weight is 355 g/mol. The first-order valence-electron chi connectivity index (χ1n) is 9.80. The molecule has 1 aromatic heterocycles. The molecule has 1 aliphatic heterocycles.